The quantitative estimate of drug-likeness (QED) is 0.874. The van der Waals surface area contributed by atoms with Crippen LogP contribution in [-0.4, -0.2) is 34.6 Å². The summed E-state index contributed by atoms with van der Waals surface area (Å²) in [7, 11) is 1.62. The molecule has 1 aromatic carbocycles. The molecule has 0 saturated carbocycles. The molecule has 1 N–H and O–H groups in total. The van der Waals surface area contributed by atoms with Gasteiger partial charge in [-0.05, 0) is 49.7 Å². The molecule has 1 aromatic heterocycles. The number of nitrogens with zero attached hydrogens (tertiary/aromatic N) is 3. The third kappa shape index (κ3) is 3.81. The van der Waals surface area contributed by atoms with Gasteiger partial charge >= 0.3 is 0 Å². The molecule has 1 aliphatic heterocycles. The first-order valence-electron chi connectivity index (χ1n) is 8.31. The van der Waals surface area contributed by atoms with Crippen LogP contribution in [0.25, 0.3) is 0 Å². The van der Waals surface area contributed by atoms with E-state index in [2.05, 4.69) is 15.6 Å². The van der Waals surface area contributed by atoms with Crippen molar-refractivity contribution in [1.29, 1.82) is 0 Å². The molecule has 2 atom stereocenters. The van der Waals surface area contributed by atoms with Gasteiger partial charge in [0.05, 0.1) is 24.6 Å². The van der Waals surface area contributed by atoms with Crippen LogP contribution in [0.3, 0.4) is 0 Å². The van der Waals surface area contributed by atoms with Crippen LogP contribution in [0.4, 0.5) is 0 Å². The lowest BCUT2D eigenvalue weighted by Gasteiger charge is -2.14. The van der Waals surface area contributed by atoms with Gasteiger partial charge < -0.3 is 14.9 Å². The average molecular weight is 342 g/mol. The van der Waals surface area contributed by atoms with Gasteiger partial charge in [-0.15, -0.1) is 0 Å². The van der Waals surface area contributed by atoms with Crippen molar-refractivity contribution in [2.45, 2.75) is 39.0 Å². The van der Waals surface area contributed by atoms with Crippen LogP contribution >= 0.6 is 0 Å². The number of aryl methyl sites for hydroxylation is 1. The molecule has 3 rings (SSSR count). The summed E-state index contributed by atoms with van der Waals surface area (Å²) in [6, 6.07) is 9.25. The van der Waals surface area contributed by atoms with Gasteiger partial charge in [0.1, 0.15) is 5.75 Å². The second-order valence-electron chi connectivity index (χ2n) is 5.89. The first kappa shape index (κ1) is 17.0. The zero-order valence-electron chi connectivity index (χ0n) is 14.6. The summed E-state index contributed by atoms with van der Waals surface area (Å²) in [5.41, 5.74) is 2.50. The van der Waals surface area contributed by atoms with Crippen LogP contribution in [0.5, 0.6) is 5.75 Å². The predicted molar refractivity (Wildman–Crippen MR) is 93.5 cm³/mol. The fourth-order valence-electron chi connectivity index (χ4n) is 2.64. The topological polar surface area (TPSA) is 77.7 Å². The first-order chi connectivity index (χ1) is 12.1. The number of rotatable bonds is 6. The molecule has 0 fully saturated rings. The van der Waals surface area contributed by atoms with Crippen LogP contribution in [0.1, 0.15) is 37.6 Å². The molecule has 132 valence electrons. The van der Waals surface area contributed by atoms with Crippen molar-refractivity contribution < 1.29 is 14.4 Å². The Bertz CT molecular complexity index is 767. The van der Waals surface area contributed by atoms with Crippen molar-refractivity contribution in [3.63, 3.8) is 0 Å². The number of amides is 1. The molecular formula is C18H22N4O3. The number of oxime groups is 1. The molecule has 0 bridgehead atoms. The highest BCUT2D eigenvalue weighted by Gasteiger charge is 2.30. The van der Waals surface area contributed by atoms with E-state index in [1.807, 2.05) is 55.1 Å². The van der Waals surface area contributed by atoms with Crippen molar-refractivity contribution in [2.75, 3.05) is 7.11 Å². The van der Waals surface area contributed by atoms with Gasteiger partial charge in [0.15, 0.2) is 0 Å². The Morgan fingerprint density at radius 3 is 2.80 bits per heavy atom. The standard InChI is InChI=1S/C18H22N4O3/c1-4-22-10-9-15(20-22)12(2)19-18(23)17-11-16(21-25-17)13-5-7-14(24-3)8-6-13/h5-10,12,17H,4,11H2,1-3H3,(H,19,23). The molecule has 0 radical (unpaired) electrons. The fraction of sp³-hybridized carbons (Fsp3) is 0.389. The molecule has 25 heavy (non-hydrogen) atoms. The fourth-order valence-corrected chi connectivity index (χ4v) is 2.64. The molecular weight excluding hydrogens is 320 g/mol. The molecule has 7 nitrogen and oxygen atoms in total. The van der Waals surface area contributed by atoms with Gasteiger partial charge in [-0.2, -0.15) is 5.10 Å². The SMILES string of the molecule is CCn1ccc(C(C)NC(=O)C2CC(c3ccc(OC)cc3)=NO2)n1. The highest BCUT2D eigenvalue weighted by Crippen LogP contribution is 2.20. The Morgan fingerprint density at radius 2 is 2.16 bits per heavy atom. The Morgan fingerprint density at radius 1 is 1.40 bits per heavy atom. The summed E-state index contributed by atoms with van der Waals surface area (Å²) in [6.07, 6.45) is 1.72. The Kier molecular flexibility index (Phi) is 5.02. The van der Waals surface area contributed by atoms with Crippen molar-refractivity contribution >= 4 is 11.6 Å². The van der Waals surface area contributed by atoms with E-state index in [1.54, 1.807) is 7.11 Å². The number of ether oxygens (including phenoxy) is 1. The normalized spacial score (nSPS) is 17.6. The molecule has 2 heterocycles. The van der Waals surface area contributed by atoms with E-state index in [4.69, 9.17) is 9.57 Å². The number of nitrogens with one attached hydrogen (secondary N) is 1. The number of hydrogen-bond acceptors (Lipinski definition) is 5. The minimum Gasteiger partial charge on any atom is -0.497 e. The zero-order chi connectivity index (χ0) is 17.8. The van der Waals surface area contributed by atoms with E-state index < -0.39 is 6.10 Å². The lowest BCUT2D eigenvalue weighted by molar-refractivity contribution is -0.131. The summed E-state index contributed by atoms with van der Waals surface area (Å²) in [6.45, 7) is 4.72. The minimum atomic E-state index is -0.618. The molecule has 7 heteroatoms. The highest BCUT2D eigenvalue weighted by atomic mass is 16.6. The van der Waals surface area contributed by atoms with Gasteiger partial charge in [0.25, 0.3) is 5.91 Å². The predicted octanol–water partition coefficient (Wildman–Crippen LogP) is 2.28. The third-order valence-electron chi connectivity index (χ3n) is 4.17. The Balaban J connectivity index is 1.57. The number of hydrogen-bond donors (Lipinski definition) is 1. The lowest BCUT2D eigenvalue weighted by atomic mass is 10.0. The summed E-state index contributed by atoms with van der Waals surface area (Å²) < 4.78 is 6.97. The maximum absolute atomic E-state index is 12.4. The second kappa shape index (κ2) is 7.38. The summed E-state index contributed by atoms with van der Waals surface area (Å²) >= 11 is 0. The van der Waals surface area contributed by atoms with Crippen LogP contribution in [0.15, 0.2) is 41.7 Å². The number of aromatic nitrogens is 2. The molecule has 1 amide bonds. The third-order valence-corrected chi connectivity index (χ3v) is 4.17. The molecule has 2 aromatic rings. The maximum atomic E-state index is 12.4. The molecule has 0 saturated heterocycles. The number of carbonyl (C=O) groups is 1. The second-order valence-corrected chi connectivity index (χ2v) is 5.89. The maximum Gasteiger partial charge on any atom is 0.264 e. The van der Waals surface area contributed by atoms with Crippen molar-refractivity contribution in [2.24, 2.45) is 5.16 Å². The zero-order valence-corrected chi connectivity index (χ0v) is 14.6. The van der Waals surface area contributed by atoms with E-state index in [9.17, 15) is 4.79 Å². The van der Waals surface area contributed by atoms with Crippen molar-refractivity contribution in [3.8, 4) is 5.75 Å². The molecule has 1 aliphatic rings. The van der Waals surface area contributed by atoms with Crippen LogP contribution < -0.4 is 10.1 Å². The highest BCUT2D eigenvalue weighted by molar-refractivity contribution is 6.04. The van der Waals surface area contributed by atoms with Crippen LogP contribution in [-0.2, 0) is 16.2 Å². The summed E-state index contributed by atoms with van der Waals surface area (Å²) in [5, 5.41) is 11.4. The monoisotopic (exact) mass is 342 g/mol. The average Bonchev–Trinajstić information content (AvgIpc) is 3.31. The van der Waals surface area contributed by atoms with Crippen LogP contribution in [0, 0.1) is 0 Å². The lowest BCUT2D eigenvalue weighted by Crippen LogP contribution is -2.36. The Labute approximate surface area is 146 Å². The smallest absolute Gasteiger partial charge is 0.264 e. The van der Waals surface area contributed by atoms with Gasteiger partial charge in [0.2, 0.25) is 6.10 Å². The van der Waals surface area contributed by atoms with E-state index in [-0.39, 0.29) is 11.9 Å². The summed E-state index contributed by atoms with van der Waals surface area (Å²) in [4.78, 5) is 17.7. The minimum absolute atomic E-state index is 0.186. The van der Waals surface area contributed by atoms with Crippen LogP contribution in [0.2, 0.25) is 0 Å². The number of carbonyl (C=O) groups excluding carboxylic acids is 1. The van der Waals surface area contributed by atoms with E-state index in [0.29, 0.717) is 6.42 Å². The van der Waals surface area contributed by atoms with E-state index >= 15 is 0 Å². The van der Waals surface area contributed by atoms with E-state index in [0.717, 1.165) is 29.3 Å². The molecule has 0 aliphatic carbocycles. The van der Waals surface area contributed by atoms with Gasteiger partial charge in [-0.25, -0.2) is 0 Å². The van der Waals surface area contributed by atoms with Gasteiger partial charge in [-0.1, -0.05) is 5.16 Å². The largest absolute Gasteiger partial charge is 0.497 e. The summed E-state index contributed by atoms with van der Waals surface area (Å²) in [5.74, 6) is 0.587. The van der Waals surface area contributed by atoms with Gasteiger partial charge in [-0.3, -0.25) is 9.48 Å². The van der Waals surface area contributed by atoms with E-state index in [1.165, 1.54) is 0 Å². The van der Waals surface area contributed by atoms with Crippen molar-refractivity contribution in [3.05, 3.63) is 47.8 Å². The number of methoxy groups -OCH3 is 1. The first-order valence-corrected chi connectivity index (χ1v) is 8.31. The van der Waals surface area contributed by atoms with Crippen molar-refractivity contribution in [1.82, 2.24) is 15.1 Å². The number of benzene rings is 1. The van der Waals surface area contributed by atoms with Gasteiger partial charge in [0, 0.05) is 19.2 Å². The Hall–Kier alpha value is -2.83. The molecule has 0 spiro atoms. The molecule has 2 unspecified atom stereocenters.